The number of ether oxygens (including phenoxy) is 1. The van der Waals surface area contributed by atoms with E-state index in [1.807, 2.05) is 24.3 Å². The highest BCUT2D eigenvalue weighted by Gasteiger charge is 2.09. The van der Waals surface area contributed by atoms with Crippen molar-refractivity contribution >= 4 is 22.3 Å². The Kier molecular flexibility index (Phi) is 4.30. The summed E-state index contributed by atoms with van der Waals surface area (Å²) in [6.07, 6.45) is 0. The summed E-state index contributed by atoms with van der Waals surface area (Å²) < 4.78 is 10.8. The Morgan fingerprint density at radius 2 is 1.96 bits per heavy atom. The Labute approximate surface area is 133 Å². The van der Waals surface area contributed by atoms with Crippen molar-refractivity contribution < 1.29 is 9.15 Å². The molecule has 0 unspecified atom stereocenters. The van der Waals surface area contributed by atoms with E-state index < -0.39 is 0 Å². The summed E-state index contributed by atoms with van der Waals surface area (Å²) >= 11 is 0. The third-order valence-electron chi connectivity index (χ3n) is 3.59. The number of methoxy groups -OCH3 is 1. The van der Waals surface area contributed by atoms with Crippen molar-refractivity contribution in [3.63, 3.8) is 0 Å². The topological polar surface area (TPSA) is 77.5 Å². The minimum Gasteiger partial charge on any atom is -0.456 e. The van der Waals surface area contributed by atoms with Crippen molar-refractivity contribution in [1.29, 1.82) is 0 Å². The van der Waals surface area contributed by atoms with Crippen LogP contribution < -0.4 is 16.5 Å². The Balaban J connectivity index is 1.93. The maximum atomic E-state index is 12.3. The first kappa shape index (κ1) is 15.1. The molecule has 0 aliphatic carbocycles. The van der Waals surface area contributed by atoms with E-state index in [0.29, 0.717) is 29.0 Å². The van der Waals surface area contributed by atoms with Crippen molar-refractivity contribution in [2.45, 2.75) is 0 Å². The molecule has 118 valence electrons. The predicted octanol–water partition coefficient (Wildman–Crippen LogP) is 3.10. The molecule has 3 N–H and O–H groups in total. The molecule has 0 aliphatic heterocycles. The van der Waals surface area contributed by atoms with Crippen LogP contribution in [0.5, 0.6) is 0 Å². The van der Waals surface area contributed by atoms with Crippen LogP contribution in [0, 0.1) is 0 Å². The fourth-order valence-corrected chi connectivity index (χ4v) is 2.43. The van der Waals surface area contributed by atoms with Gasteiger partial charge in [0.1, 0.15) is 11.3 Å². The third kappa shape index (κ3) is 3.19. The van der Waals surface area contributed by atoms with Gasteiger partial charge in [-0.05, 0) is 36.4 Å². The lowest BCUT2D eigenvalue weighted by atomic mass is 10.1. The van der Waals surface area contributed by atoms with Crippen molar-refractivity contribution in [2.24, 2.45) is 0 Å². The summed E-state index contributed by atoms with van der Waals surface area (Å²) in [6, 6.07) is 14.4. The number of nitrogens with one attached hydrogen (secondary N) is 1. The van der Waals surface area contributed by atoms with Crippen LogP contribution in [0.1, 0.15) is 0 Å². The first-order valence-electron chi connectivity index (χ1n) is 7.34. The summed E-state index contributed by atoms with van der Waals surface area (Å²) in [5.41, 5.74) is 8.46. The molecule has 2 aromatic carbocycles. The average molecular weight is 310 g/mol. The van der Waals surface area contributed by atoms with Gasteiger partial charge in [-0.2, -0.15) is 0 Å². The quantitative estimate of drug-likeness (QED) is 0.559. The molecule has 5 heteroatoms. The zero-order valence-corrected chi connectivity index (χ0v) is 12.8. The molecular weight excluding hydrogens is 292 g/mol. The summed E-state index contributed by atoms with van der Waals surface area (Å²) in [6.45, 7) is 1.38. The number of benzene rings is 2. The maximum Gasteiger partial charge on any atom is 0.195 e. The molecule has 0 bridgehead atoms. The molecule has 0 saturated carbocycles. The van der Waals surface area contributed by atoms with E-state index in [-0.39, 0.29) is 5.43 Å². The molecule has 0 atom stereocenters. The zero-order valence-electron chi connectivity index (χ0n) is 12.8. The van der Waals surface area contributed by atoms with Gasteiger partial charge in [0.25, 0.3) is 0 Å². The first-order chi connectivity index (χ1) is 11.2. The van der Waals surface area contributed by atoms with Gasteiger partial charge in [0.2, 0.25) is 0 Å². The molecule has 0 saturated heterocycles. The summed E-state index contributed by atoms with van der Waals surface area (Å²) in [5, 5.41) is 3.66. The molecule has 0 spiro atoms. The predicted molar refractivity (Wildman–Crippen MR) is 92.7 cm³/mol. The Hall–Kier alpha value is -2.79. The second-order valence-electron chi connectivity index (χ2n) is 5.19. The number of nitrogen functional groups attached to an aromatic ring is 1. The number of anilines is 2. The minimum atomic E-state index is -0.137. The second-order valence-corrected chi connectivity index (χ2v) is 5.19. The molecule has 5 nitrogen and oxygen atoms in total. The van der Waals surface area contributed by atoms with Gasteiger partial charge >= 0.3 is 0 Å². The highest BCUT2D eigenvalue weighted by Crippen LogP contribution is 2.25. The average Bonchev–Trinajstić information content (AvgIpc) is 2.55. The van der Waals surface area contributed by atoms with Crippen LogP contribution in [0.3, 0.4) is 0 Å². The Morgan fingerprint density at radius 1 is 1.17 bits per heavy atom. The van der Waals surface area contributed by atoms with E-state index in [1.54, 1.807) is 25.3 Å². The third-order valence-corrected chi connectivity index (χ3v) is 3.59. The molecule has 23 heavy (non-hydrogen) atoms. The van der Waals surface area contributed by atoms with Crippen LogP contribution in [0.4, 0.5) is 11.4 Å². The van der Waals surface area contributed by atoms with Crippen molar-refractivity contribution in [3.05, 3.63) is 58.8 Å². The van der Waals surface area contributed by atoms with Crippen molar-refractivity contribution in [2.75, 3.05) is 31.3 Å². The van der Waals surface area contributed by atoms with Crippen LogP contribution in [-0.2, 0) is 4.74 Å². The molecule has 0 radical (unpaired) electrons. The lowest BCUT2D eigenvalue weighted by molar-refractivity contribution is 0.211. The smallest absolute Gasteiger partial charge is 0.195 e. The number of fused-ring (bicyclic) bond motifs is 1. The van der Waals surface area contributed by atoms with E-state index in [0.717, 1.165) is 17.8 Å². The number of nitrogens with two attached hydrogens (primary N) is 1. The number of hydrogen-bond donors (Lipinski definition) is 2. The molecule has 0 fully saturated rings. The standard InChI is InChI=1S/C18H18N2O3/c1-22-10-9-20-13-7-5-12(6-8-13)17-11-15(21)18-14(19)3-2-4-16(18)23-17/h2-8,11,20H,9-10,19H2,1H3. The normalized spacial score (nSPS) is 10.8. The van der Waals surface area contributed by atoms with Crippen LogP contribution in [0.2, 0.25) is 0 Å². The van der Waals surface area contributed by atoms with E-state index in [2.05, 4.69) is 5.32 Å². The van der Waals surface area contributed by atoms with Crippen LogP contribution >= 0.6 is 0 Å². The summed E-state index contributed by atoms with van der Waals surface area (Å²) in [4.78, 5) is 12.3. The van der Waals surface area contributed by atoms with Gasteiger partial charge in [0.05, 0.1) is 12.0 Å². The van der Waals surface area contributed by atoms with Gasteiger partial charge in [-0.25, -0.2) is 0 Å². The molecular formula is C18H18N2O3. The van der Waals surface area contributed by atoms with Gasteiger partial charge in [0, 0.05) is 36.7 Å². The monoisotopic (exact) mass is 310 g/mol. The molecule has 1 aromatic heterocycles. The largest absolute Gasteiger partial charge is 0.456 e. The fourth-order valence-electron chi connectivity index (χ4n) is 2.43. The number of hydrogen-bond acceptors (Lipinski definition) is 5. The Bertz CT molecular complexity index is 870. The van der Waals surface area contributed by atoms with Crippen LogP contribution in [0.15, 0.2) is 57.7 Å². The fraction of sp³-hybridized carbons (Fsp3) is 0.167. The zero-order chi connectivity index (χ0) is 16.2. The second kappa shape index (κ2) is 6.54. The van der Waals surface area contributed by atoms with Gasteiger partial charge in [-0.3, -0.25) is 4.79 Å². The lowest BCUT2D eigenvalue weighted by Gasteiger charge is -2.08. The van der Waals surface area contributed by atoms with Gasteiger partial charge < -0.3 is 20.2 Å². The lowest BCUT2D eigenvalue weighted by Crippen LogP contribution is -2.07. The van der Waals surface area contributed by atoms with Crippen LogP contribution in [0.25, 0.3) is 22.3 Å². The van der Waals surface area contributed by atoms with E-state index in [9.17, 15) is 4.79 Å². The first-order valence-corrected chi connectivity index (χ1v) is 7.34. The SMILES string of the molecule is COCCNc1ccc(-c2cc(=O)c3c(N)cccc3o2)cc1. The number of rotatable bonds is 5. The van der Waals surface area contributed by atoms with Gasteiger partial charge in [-0.15, -0.1) is 0 Å². The highest BCUT2D eigenvalue weighted by molar-refractivity contribution is 5.89. The molecule has 3 rings (SSSR count). The maximum absolute atomic E-state index is 12.3. The summed E-state index contributed by atoms with van der Waals surface area (Å²) in [5.74, 6) is 0.525. The van der Waals surface area contributed by atoms with Crippen molar-refractivity contribution in [1.82, 2.24) is 0 Å². The molecule has 0 amide bonds. The van der Waals surface area contributed by atoms with Crippen molar-refractivity contribution in [3.8, 4) is 11.3 Å². The van der Waals surface area contributed by atoms with Gasteiger partial charge in [0.15, 0.2) is 5.43 Å². The highest BCUT2D eigenvalue weighted by atomic mass is 16.5. The van der Waals surface area contributed by atoms with E-state index in [1.165, 1.54) is 6.07 Å². The summed E-state index contributed by atoms with van der Waals surface area (Å²) in [7, 11) is 1.67. The van der Waals surface area contributed by atoms with E-state index in [4.69, 9.17) is 14.9 Å². The molecule has 3 aromatic rings. The minimum absolute atomic E-state index is 0.137. The molecule has 0 aliphatic rings. The van der Waals surface area contributed by atoms with E-state index >= 15 is 0 Å². The Morgan fingerprint density at radius 3 is 2.70 bits per heavy atom. The van der Waals surface area contributed by atoms with Gasteiger partial charge in [-0.1, -0.05) is 6.07 Å². The molecule has 1 heterocycles. The van der Waals surface area contributed by atoms with Crippen LogP contribution in [-0.4, -0.2) is 20.3 Å².